The summed E-state index contributed by atoms with van der Waals surface area (Å²) in [6.45, 7) is 4.60. The summed E-state index contributed by atoms with van der Waals surface area (Å²) in [6.07, 6.45) is 1.35. The molecule has 7 heteroatoms. The number of morpholine rings is 1. The molecular formula is C10H21N3O3S. The van der Waals surface area contributed by atoms with Gasteiger partial charge in [0, 0.05) is 25.2 Å². The van der Waals surface area contributed by atoms with E-state index in [9.17, 15) is 8.42 Å². The van der Waals surface area contributed by atoms with Gasteiger partial charge in [-0.25, -0.2) is 0 Å². The van der Waals surface area contributed by atoms with Crippen molar-refractivity contribution < 1.29 is 13.2 Å². The standard InChI is InChI=1S/C10H21N3O3S/c1-7-5-13(6-8(2)16-7)17(14,15)12-10-3-9(11)4-10/h7-10,12H,3-6,11H2,1-2H3. The van der Waals surface area contributed by atoms with Crippen LogP contribution < -0.4 is 10.5 Å². The van der Waals surface area contributed by atoms with Crippen molar-refractivity contribution in [1.29, 1.82) is 0 Å². The second-order valence-corrected chi connectivity index (χ2v) is 6.83. The van der Waals surface area contributed by atoms with Crippen molar-refractivity contribution in [2.24, 2.45) is 5.73 Å². The number of hydrogen-bond donors (Lipinski definition) is 2. The quantitative estimate of drug-likeness (QED) is 0.713. The highest BCUT2D eigenvalue weighted by Gasteiger charge is 2.35. The fourth-order valence-corrected chi connectivity index (χ4v) is 3.95. The lowest BCUT2D eigenvalue weighted by Gasteiger charge is -2.38. The minimum atomic E-state index is -3.38. The lowest BCUT2D eigenvalue weighted by Crippen LogP contribution is -2.57. The Kier molecular flexibility index (Phi) is 3.74. The monoisotopic (exact) mass is 263 g/mol. The van der Waals surface area contributed by atoms with Gasteiger partial charge in [0.15, 0.2) is 0 Å². The smallest absolute Gasteiger partial charge is 0.279 e. The van der Waals surface area contributed by atoms with Gasteiger partial charge in [-0.2, -0.15) is 17.4 Å². The van der Waals surface area contributed by atoms with Crippen LogP contribution in [0.4, 0.5) is 0 Å². The molecule has 1 heterocycles. The Hall–Kier alpha value is -0.210. The van der Waals surface area contributed by atoms with Crippen molar-refractivity contribution in [3.05, 3.63) is 0 Å². The van der Waals surface area contributed by atoms with Gasteiger partial charge in [0.25, 0.3) is 10.2 Å². The highest BCUT2D eigenvalue weighted by atomic mass is 32.2. The lowest BCUT2D eigenvalue weighted by atomic mass is 9.89. The van der Waals surface area contributed by atoms with Gasteiger partial charge in [0.1, 0.15) is 0 Å². The molecule has 2 rings (SSSR count). The zero-order valence-electron chi connectivity index (χ0n) is 10.3. The van der Waals surface area contributed by atoms with E-state index in [1.54, 1.807) is 0 Å². The molecule has 2 unspecified atom stereocenters. The first-order chi connectivity index (χ1) is 7.87. The molecule has 1 saturated carbocycles. The molecule has 2 aliphatic rings. The summed E-state index contributed by atoms with van der Waals surface area (Å²) in [7, 11) is -3.38. The summed E-state index contributed by atoms with van der Waals surface area (Å²) < 4.78 is 33.9. The van der Waals surface area contributed by atoms with E-state index < -0.39 is 10.2 Å². The summed E-state index contributed by atoms with van der Waals surface area (Å²) in [6, 6.07) is 0.147. The van der Waals surface area contributed by atoms with Crippen molar-refractivity contribution in [3.63, 3.8) is 0 Å². The van der Waals surface area contributed by atoms with Crippen molar-refractivity contribution in [3.8, 4) is 0 Å². The molecule has 1 aliphatic heterocycles. The molecule has 0 amide bonds. The van der Waals surface area contributed by atoms with Crippen molar-refractivity contribution >= 4 is 10.2 Å². The van der Waals surface area contributed by atoms with Crippen LogP contribution in [-0.4, -0.2) is 50.1 Å². The maximum absolute atomic E-state index is 12.1. The number of ether oxygens (including phenoxy) is 1. The molecule has 0 aromatic heterocycles. The third-order valence-corrected chi connectivity index (χ3v) is 4.83. The Bertz CT molecular complexity index is 357. The molecule has 6 nitrogen and oxygen atoms in total. The molecule has 1 aliphatic carbocycles. The molecule has 0 aromatic carbocycles. The second kappa shape index (κ2) is 4.81. The van der Waals surface area contributed by atoms with Gasteiger partial charge in [-0.1, -0.05) is 0 Å². The summed E-state index contributed by atoms with van der Waals surface area (Å²) in [5.74, 6) is 0. The molecule has 0 aromatic rings. The predicted molar refractivity (Wildman–Crippen MR) is 64.6 cm³/mol. The zero-order chi connectivity index (χ0) is 12.6. The third-order valence-electron chi connectivity index (χ3n) is 3.22. The average Bonchev–Trinajstić information content (AvgIpc) is 2.13. The van der Waals surface area contributed by atoms with Crippen LogP contribution in [0, 0.1) is 0 Å². The number of nitrogens with zero attached hydrogens (tertiary/aromatic N) is 1. The van der Waals surface area contributed by atoms with Crippen LogP contribution in [-0.2, 0) is 14.9 Å². The highest BCUT2D eigenvalue weighted by Crippen LogP contribution is 2.20. The van der Waals surface area contributed by atoms with Gasteiger partial charge in [0.2, 0.25) is 0 Å². The maximum Gasteiger partial charge on any atom is 0.279 e. The van der Waals surface area contributed by atoms with Crippen LogP contribution in [0.1, 0.15) is 26.7 Å². The van der Waals surface area contributed by atoms with E-state index in [1.165, 1.54) is 4.31 Å². The first kappa shape index (κ1) is 13.2. The Balaban J connectivity index is 1.95. The summed E-state index contributed by atoms with van der Waals surface area (Å²) in [5.41, 5.74) is 5.64. The van der Waals surface area contributed by atoms with Gasteiger partial charge in [-0.05, 0) is 26.7 Å². The van der Waals surface area contributed by atoms with E-state index >= 15 is 0 Å². The molecule has 0 spiro atoms. The Morgan fingerprint density at radius 3 is 2.24 bits per heavy atom. The van der Waals surface area contributed by atoms with E-state index in [-0.39, 0.29) is 24.3 Å². The first-order valence-corrected chi connectivity index (χ1v) is 7.49. The van der Waals surface area contributed by atoms with E-state index in [1.807, 2.05) is 13.8 Å². The molecule has 2 fully saturated rings. The van der Waals surface area contributed by atoms with Gasteiger partial charge in [-0.3, -0.25) is 0 Å². The van der Waals surface area contributed by atoms with E-state index in [2.05, 4.69) is 4.72 Å². The fraction of sp³-hybridized carbons (Fsp3) is 1.00. The summed E-state index contributed by atoms with van der Waals surface area (Å²) >= 11 is 0. The Morgan fingerprint density at radius 1 is 1.24 bits per heavy atom. The van der Waals surface area contributed by atoms with Crippen LogP contribution in [0.5, 0.6) is 0 Å². The normalized spacial score (nSPS) is 39.9. The van der Waals surface area contributed by atoms with Crippen molar-refractivity contribution in [1.82, 2.24) is 9.03 Å². The number of rotatable bonds is 3. The SMILES string of the molecule is CC1CN(S(=O)(=O)NC2CC(N)C2)CC(C)O1. The van der Waals surface area contributed by atoms with Gasteiger partial charge < -0.3 is 10.5 Å². The first-order valence-electron chi connectivity index (χ1n) is 6.05. The zero-order valence-corrected chi connectivity index (χ0v) is 11.1. The molecule has 17 heavy (non-hydrogen) atoms. The van der Waals surface area contributed by atoms with E-state index in [0.29, 0.717) is 13.1 Å². The van der Waals surface area contributed by atoms with Crippen LogP contribution in [0.3, 0.4) is 0 Å². The molecule has 3 N–H and O–H groups in total. The topological polar surface area (TPSA) is 84.7 Å². The van der Waals surface area contributed by atoms with Crippen LogP contribution >= 0.6 is 0 Å². The number of hydrogen-bond acceptors (Lipinski definition) is 4. The molecule has 0 bridgehead atoms. The summed E-state index contributed by atoms with van der Waals surface area (Å²) in [5, 5.41) is 0. The highest BCUT2D eigenvalue weighted by molar-refractivity contribution is 7.87. The third kappa shape index (κ3) is 3.17. The van der Waals surface area contributed by atoms with E-state index in [4.69, 9.17) is 10.5 Å². The van der Waals surface area contributed by atoms with Crippen LogP contribution in [0.2, 0.25) is 0 Å². The minimum Gasteiger partial charge on any atom is -0.373 e. The van der Waals surface area contributed by atoms with Gasteiger partial charge in [0.05, 0.1) is 12.2 Å². The predicted octanol–water partition coefficient (Wildman–Crippen LogP) is -0.580. The van der Waals surface area contributed by atoms with Gasteiger partial charge in [-0.15, -0.1) is 0 Å². The van der Waals surface area contributed by atoms with Crippen molar-refractivity contribution in [2.75, 3.05) is 13.1 Å². The fourth-order valence-electron chi connectivity index (χ4n) is 2.37. The second-order valence-electron chi connectivity index (χ2n) is 5.13. The molecule has 1 saturated heterocycles. The molecule has 0 radical (unpaired) electrons. The Labute approximate surface area is 103 Å². The van der Waals surface area contributed by atoms with Gasteiger partial charge >= 0.3 is 0 Å². The van der Waals surface area contributed by atoms with Crippen LogP contribution in [0.25, 0.3) is 0 Å². The Morgan fingerprint density at radius 2 is 1.76 bits per heavy atom. The minimum absolute atomic E-state index is 0.00320. The number of nitrogens with one attached hydrogen (secondary N) is 1. The van der Waals surface area contributed by atoms with Crippen LogP contribution in [0.15, 0.2) is 0 Å². The largest absolute Gasteiger partial charge is 0.373 e. The molecular weight excluding hydrogens is 242 g/mol. The number of nitrogens with two attached hydrogens (primary N) is 1. The van der Waals surface area contributed by atoms with Crippen molar-refractivity contribution in [2.45, 2.75) is 51.0 Å². The molecule has 2 atom stereocenters. The molecule has 100 valence electrons. The van der Waals surface area contributed by atoms with E-state index in [0.717, 1.165) is 12.8 Å². The lowest BCUT2D eigenvalue weighted by molar-refractivity contribution is -0.0445. The summed E-state index contributed by atoms with van der Waals surface area (Å²) in [4.78, 5) is 0. The average molecular weight is 263 g/mol. The maximum atomic E-state index is 12.1.